The Bertz CT molecular complexity index is 220. The minimum Gasteiger partial charge on any atom is -0.302 e. The van der Waals surface area contributed by atoms with Crippen LogP contribution in [0.3, 0.4) is 0 Å². The lowest BCUT2D eigenvalue weighted by molar-refractivity contribution is 0.546. The van der Waals surface area contributed by atoms with Crippen LogP contribution in [0.15, 0.2) is 10.5 Å². The van der Waals surface area contributed by atoms with Gasteiger partial charge in [0, 0.05) is 4.91 Å². The van der Waals surface area contributed by atoms with E-state index in [9.17, 15) is 4.21 Å². The first-order valence-electron chi connectivity index (χ1n) is 3.59. The molecule has 0 radical (unpaired) electrons. The normalized spacial score (nSPS) is 33.5. The number of fused-ring (bicyclic) bond motifs is 2. The Morgan fingerprint density at radius 3 is 2.60 bits per heavy atom. The predicted octanol–water partition coefficient (Wildman–Crippen LogP) is 1.67. The molecule has 10 heavy (non-hydrogen) atoms. The van der Waals surface area contributed by atoms with Crippen molar-refractivity contribution in [1.29, 1.82) is 0 Å². The van der Waals surface area contributed by atoms with Crippen molar-refractivity contribution in [3.63, 3.8) is 0 Å². The maximum absolute atomic E-state index is 10.6. The number of hydrogen-bond acceptors (Lipinski definition) is 1. The highest BCUT2D eigenvalue weighted by atomic mass is 32.2. The lowest BCUT2D eigenvalue weighted by Crippen LogP contribution is -1.99. The van der Waals surface area contributed by atoms with Crippen molar-refractivity contribution in [2.24, 2.45) is 5.92 Å². The van der Waals surface area contributed by atoms with E-state index in [4.69, 9.17) is 4.55 Å². The molecule has 0 amide bonds. The number of allylic oxidation sites excluding steroid dienone is 2. The summed E-state index contributed by atoms with van der Waals surface area (Å²) in [4.78, 5) is 0.830. The molecule has 2 bridgehead atoms. The van der Waals surface area contributed by atoms with Crippen LogP contribution < -0.4 is 0 Å². The minimum absolute atomic E-state index is 0.709. The molecule has 2 nitrogen and oxygen atoms in total. The van der Waals surface area contributed by atoms with E-state index in [1.54, 1.807) is 0 Å². The second kappa shape index (κ2) is 2.17. The van der Waals surface area contributed by atoms with Crippen molar-refractivity contribution in [1.82, 2.24) is 0 Å². The molecule has 2 unspecified atom stereocenters. The predicted molar refractivity (Wildman–Crippen MR) is 39.8 cm³/mol. The average molecular weight is 158 g/mol. The second-order valence-electron chi connectivity index (χ2n) is 3.09. The molecule has 1 N–H and O–H groups in total. The lowest BCUT2D eigenvalue weighted by atomic mass is 10.1. The van der Waals surface area contributed by atoms with E-state index in [-0.39, 0.29) is 0 Å². The molecular formula is C7H10O2S. The highest BCUT2D eigenvalue weighted by Crippen LogP contribution is 2.44. The first kappa shape index (κ1) is 6.55. The molecule has 0 aromatic rings. The molecule has 2 rings (SSSR count). The largest absolute Gasteiger partial charge is 0.302 e. The van der Waals surface area contributed by atoms with E-state index in [1.165, 1.54) is 12.0 Å². The number of rotatable bonds is 1. The van der Waals surface area contributed by atoms with Crippen LogP contribution in [-0.4, -0.2) is 8.76 Å². The Morgan fingerprint density at radius 1 is 1.50 bits per heavy atom. The summed E-state index contributed by atoms with van der Waals surface area (Å²) in [7, 11) is 0. The Labute approximate surface area is 62.6 Å². The fourth-order valence-corrected chi connectivity index (χ4v) is 2.77. The summed E-state index contributed by atoms with van der Waals surface area (Å²) >= 11 is -1.66. The summed E-state index contributed by atoms with van der Waals surface area (Å²) in [5, 5.41) is 0. The van der Waals surface area contributed by atoms with Gasteiger partial charge in [-0.1, -0.05) is 5.57 Å². The average Bonchev–Trinajstić information content (AvgIpc) is 2.44. The van der Waals surface area contributed by atoms with Gasteiger partial charge in [0.05, 0.1) is 0 Å². The Hall–Kier alpha value is -0.150. The molecule has 2 aliphatic rings. The summed E-state index contributed by atoms with van der Waals surface area (Å²) in [5.41, 5.74) is 1.27. The van der Waals surface area contributed by atoms with Crippen molar-refractivity contribution in [2.45, 2.75) is 25.7 Å². The van der Waals surface area contributed by atoms with Crippen molar-refractivity contribution < 1.29 is 8.76 Å². The van der Waals surface area contributed by atoms with Gasteiger partial charge in [0.25, 0.3) is 0 Å². The Balaban J connectivity index is 2.30. The van der Waals surface area contributed by atoms with Crippen molar-refractivity contribution in [3.05, 3.63) is 10.5 Å². The zero-order chi connectivity index (χ0) is 7.14. The minimum atomic E-state index is -1.66. The van der Waals surface area contributed by atoms with Gasteiger partial charge in [0.2, 0.25) is 0 Å². The van der Waals surface area contributed by atoms with Gasteiger partial charge in [-0.2, -0.15) is 0 Å². The highest BCUT2D eigenvalue weighted by molar-refractivity contribution is 7.83. The van der Waals surface area contributed by atoms with Gasteiger partial charge >= 0.3 is 0 Å². The molecule has 3 heteroatoms. The fraction of sp³-hybridized carbons (Fsp3) is 0.714. The maximum Gasteiger partial charge on any atom is 0.182 e. The third-order valence-corrected chi connectivity index (χ3v) is 3.35. The topological polar surface area (TPSA) is 37.3 Å². The van der Waals surface area contributed by atoms with E-state index in [0.29, 0.717) is 5.92 Å². The van der Waals surface area contributed by atoms with Gasteiger partial charge in [-0.05, 0) is 31.6 Å². The van der Waals surface area contributed by atoms with Crippen LogP contribution in [0, 0.1) is 5.92 Å². The van der Waals surface area contributed by atoms with Crippen molar-refractivity contribution in [3.8, 4) is 0 Å². The van der Waals surface area contributed by atoms with E-state index in [2.05, 4.69) is 0 Å². The van der Waals surface area contributed by atoms with Gasteiger partial charge < -0.3 is 4.55 Å². The van der Waals surface area contributed by atoms with Gasteiger partial charge in [0.15, 0.2) is 11.1 Å². The summed E-state index contributed by atoms with van der Waals surface area (Å²) in [6, 6.07) is 0. The molecule has 0 aromatic carbocycles. The molecular weight excluding hydrogens is 148 g/mol. The summed E-state index contributed by atoms with van der Waals surface area (Å²) in [6.07, 6.45) is 4.31. The fourth-order valence-electron chi connectivity index (χ4n) is 1.96. The van der Waals surface area contributed by atoms with Gasteiger partial charge in [-0.3, -0.25) is 0 Å². The molecule has 0 spiro atoms. The summed E-state index contributed by atoms with van der Waals surface area (Å²) in [6.45, 7) is 0. The standard InChI is InChI=1S/C7H10O2S/c8-10(9)7-4-5-1-2-6(7)3-5/h5H,1-4H2,(H,8,9). The molecule has 2 atom stereocenters. The lowest BCUT2D eigenvalue weighted by Gasteiger charge is -2.06. The molecule has 0 aliphatic heterocycles. The molecule has 0 aromatic heterocycles. The van der Waals surface area contributed by atoms with Crippen molar-refractivity contribution >= 4 is 11.1 Å². The zero-order valence-corrected chi connectivity index (χ0v) is 6.49. The Kier molecular flexibility index (Phi) is 1.42. The van der Waals surface area contributed by atoms with E-state index in [0.717, 1.165) is 24.2 Å². The number of hydrogen-bond donors (Lipinski definition) is 1. The van der Waals surface area contributed by atoms with Gasteiger partial charge in [-0.25, -0.2) is 4.21 Å². The quantitative estimate of drug-likeness (QED) is 0.589. The van der Waals surface area contributed by atoms with Crippen LogP contribution in [0.4, 0.5) is 0 Å². The van der Waals surface area contributed by atoms with Gasteiger partial charge in [0.1, 0.15) is 0 Å². The van der Waals surface area contributed by atoms with Crippen LogP contribution >= 0.6 is 0 Å². The second-order valence-corrected chi connectivity index (χ2v) is 4.08. The van der Waals surface area contributed by atoms with Crippen LogP contribution in [0.25, 0.3) is 0 Å². The molecule has 0 heterocycles. The third kappa shape index (κ3) is 0.847. The Morgan fingerprint density at radius 2 is 2.30 bits per heavy atom. The smallest absolute Gasteiger partial charge is 0.182 e. The van der Waals surface area contributed by atoms with Crippen molar-refractivity contribution in [2.75, 3.05) is 0 Å². The summed E-state index contributed by atoms with van der Waals surface area (Å²) in [5.74, 6) is 0.709. The van der Waals surface area contributed by atoms with E-state index < -0.39 is 11.1 Å². The molecule has 1 saturated carbocycles. The van der Waals surface area contributed by atoms with Crippen LogP contribution in [-0.2, 0) is 11.1 Å². The van der Waals surface area contributed by atoms with Crippen LogP contribution in [0.2, 0.25) is 0 Å². The highest BCUT2D eigenvalue weighted by Gasteiger charge is 2.32. The monoisotopic (exact) mass is 158 g/mol. The van der Waals surface area contributed by atoms with Crippen LogP contribution in [0.1, 0.15) is 25.7 Å². The molecule has 1 fully saturated rings. The maximum atomic E-state index is 10.6. The third-order valence-electron chi connectivity index (χ3n) is 2.47. The first-order valence-corrected chi connectivity index (χ1v) is 4.70. The van der Waals surface area contributed by atoms with Gasteiger partial charge in [-0.15, -0.1) is 0 Å². The van der Waals surface area contributed by atoms with Crippen LogP contribution in [0.5, 0.6) is 0 Å². The summed E-state index contributed by atoms with van der Waals surface area (Å²) < 4.78 is 19.4. The molecule has 56 valence electrons. The molecule has 0 saturated heterocycles. The molecule has 2 aliphatic carbocycles. The van der Waals surface area contributed by atoms with E-state index >= 15 is 0 Å². The zero-order valence-electron chi connectivity index (χ0n) is 5.67. The SMILES string of the molecule is O=S(O)C1=C2CCC(C2)C1. The van der Waals surface area contributed by atoms with E-state index in [1.807, 2.05) is 0 Å². The first-order chi connectivity index (χ1) is 4.77.